The van der Waals surface area contributed by atoms with Crippen LogP contribution in [0.5, 0.6) is 0 Å². The van der Waals surface area contributed by atoms with E-state index in [0.29, 0.717) is 23.1 Å². The SMILES string of the molecule is CN(C)[C@H]1C[C@@H](COC(=O)c2ccccc2)O[C@@H](OC(=O)c2ccccc2)[C@@H]1OC(=O)c1ccccc1. The molecule has 0 spiro atoms. The van der Waals surface area contributed by atoms with Crippen molar-refractivity contribution in [2.24, 2.45) is 0 Å². The fourth-order valence-electron chi connectivity index (χ4n) is 4.09. The summed E-state index contributed by atoms with van der Waals surface area (Å²) in [6.45, 7) is -0.0587. The van der Waals surface area contributed by atoms with Crippen LogP contribution in [0.1, 0.15) is 37.5 Å². The summed E-state index contributed by atoms with van der Waals surface area (Å²) in [7, 11) is 3.67. The lowest BCUT2D eigenvalue weighted by molar-refractivity contribution is -0.239. The van der Waals surface area contributed by atoms with Crippen molar-refractivity contribution in [2.75, 3.05) is 20.7 Å². The van der Waals surface area contributed by atoms with Crippen molar-refractivity contribution in [2.45, 2.75) is 31.0 Å². The minimum absolute atomic E-state index is 0.0587. The van der Waals surface area contributed by atoms with E-state index < -0.39 is 36.4 Å². The summed E-state index contributed by atoms with van der Waals surface area (Å²) in [5.74, 6) is -1.66. The Morgan fingerprint density at radius 3 is 1.68 bits per heavy atom. The van der Waals surface area contributed by atoms with Crippen LogP contribution in [0.25, 0.3) is 0 Å². The summed E-state index contributed by atoms with van der Waals surface area (Å²) in [5, 5.41) is 0. The Morgan fingerprint density at radius 2 is 1.19 bits per heavy atom. The molecular weight excluding hydrogens is 474 g/mol. The molecule has 1 saturated heterocycles. The van der Waals surface area contributed by atoms with Crippen molar-refractivity contribution in [3.05, 3.63) is 108 Å². The molecule has 0 aromatic heterocycles. The third kappa shape index (κ3) is 6.81. The van der Waals surface area contributed by atoms with Gasteiger partial charge in [0.1, 0.15) is 6.61 Å². The Kier molecular flexibility index (Phi) is 8.66. The molecule has 4 atom stereocenters. The van der Waals surface area contributed by atoms with Crippen LogP contribution < -0.4 is 0 Å². The normalized spacial score (nSPS) is 21.2. The van der Waals surface area contributed by atoms with Crippen molar-refractivity contribution in [3.8, 4) is 0 Å². The summed E-state index contributed by atoms with van der Waals surface area (Å²) in [4.78, 5) is 40.2. The smallest absolute Gasteiger partial charge is 0.340 e. The van der Waals surface area contributed by atoms with E-state index in [1.807, 2.05) is 25.1 Å². The van der Waals surface area contributed by atoms with E-state index in [0.717, 1.165) is 0 Å². The van der Waals surface area contributed by atoms with E-state index >= 15 is 0 Å². The summed E-state index contributed by atoms with van der Waals surface area (Å²) in [6.07, 6.45) is -2.36. The number of rotatable bonds is 8. The molecule has 1 fully saturated rings. The van der Waals surface area contributed by atoms with Gasteiger partial charge < -0.3 is 23.8 Å². The van der Waals surface area contributed by atoms with Crippen molar-refractivity contribution < 1.29 is 33.3 Å². The van der Waals surface area contributed by atoms with E-state index in [1.54, 1.807) is 84.9 Å². The van der Waals surface area contributed by atoms with Gasteiger partial charge in [0.2, 0.25) is 6.29 Å². The first kappa shape index (κ1) is 26.1. The summed E-state index contributed by atoms with van der Waals surface area (Å²) in [6, 6.07) is 25.3. The number of carbonyl (C=O) groups is 3. The number of hydrogen-bond acceptors (Lipinski definition) is 8. The average molecular weight is 504 g/mol. The van der Waals surface area contributed by atoms with Gasteiger partial charge in [0.25, 0.3) is 0 Å². The fraction of sp³-hybridized carbons (Fsp3) is 0.276. The van der Waals surface area contributed by atoms with Gasteiger partial charge in [-0.05, 0) is 56.9 Å². The molecule has 3 aromatic carbocycles. The molecule has 0 amide bonds. The predicted molar refractivity (Wildman–Crippen MR) is 135 cm³/mol. The fourth-order valence-corrected chi connectivity index (χ4v) is 4.09. The molecule has 8 heteroatoms. The van der Waals surface area contributed by atoms with Crippen molar-refractivity contribution in [3.63, 3.8) is 0 Å². The Bertz CT molecular complexity index is 1180. The van der Waals surface area contributed by atoms with E-state index in [9.17, 15) is 14.4 Å². The number of ether oxygens (including phenoxy) is 4. The Labute approximate surface area is 215 Å². The molecule has 1 aliphatic rings. The highest BCUT2D eigenvalue weighted by Gasteiger charge is 2.45. The highest BCUT2D eigenvalue weighted by atomic mass is 16.7. The van der Waals surface area contributed by atoms with Gasteiger partial charge in [-0.3, -0.25) is 0 Å². The number of hydrogen-bond donors (Lipinski definition) is 0. The first-order valence-corrected chi connectivity index (χ1v) is 12.0. The number of nitrogens with zero attached hydrogens (tertiary/aromatic N) is 1. The monoisotopic (exact) mass is 503 g/mol. The second-order valence-electron chi connectivity index (χ2n) is 8.86. The summed E-state index contributed by atoms with van der Waals surface area (Å²) >= 11 is 0. The van der Waals surface area contributed by atoms with Gasteiger partial charge >= 0.3 is 17.9 Å². The zero-order chi connectivity index (χ0) is 26.2. The van der Waals surface area contributed by atoms with Gasteiger partial charge in [0.05, 0.1) is 28.8 Å². The Morgan fingerprint density at radius 1 is 0.730 bits per heavy atom. The molecule has 1 aliphatic heterocycles. The first-order chi connectivity index (χ1) is 17.9. The second kappa shape index (κ2) is 12.3. The van der Waals surface area contributed by atoms with Gasteiger partial charge in [0, 0.05) is 0 Å². The maximum Gasteiger partial charge on any atom is 0.340 e. The zero-order valence-corrected chi connectivity index (χ0v) is 20.7. The van der Waals surface area contributed by atoms with E-state index in [-0.39, 0.29) is 12.6 Å². The predicted octanol–water partition coefficient (Wildman–Crippen LogP) is 3.97. The van der Waals surface area contributed by atoms with Crippen LogP contribution in [0, 0.1) is 0 Å². The van der Waals surface area contributed by atoms with E-state index in [1.165, 1.54) is 0 Å². The molecule has 0 saturated carbocycles. The topological polar surface area (TPSA) is 91.4 Å². The Hall–Kier alpha value is -4.01. The van der Waals surface area contributed by atoms with Crippen LogP contribution in [-0.2, 0) is 18.9 Å². The highest BCUT2D eigenvalue weighted by Crippen LogP contribution is 2.28. The minimum atomic E-state index is -1.22. The molecule has 4 rings (SSSR count). The van der Waals surface area contributed by atoms with Crippen molar-refractivity contribution in [1.29, 1.82) is 0 Å². The molecule has 37 heavy (non-hydrogen) atoms. The van der Waals surface area contributed by atoms with Crippen LogP contribution in [0.3, 0.4) is 0 Å². The van der Waals surface area contributed by atoms with Crippen molar-refractivity contribution in [1.82, 2.24) is 4.90 Å². The van der Waals surface area contributed by atoms with Gasteiger partial charge in [-0.15, -0.1) is 0 Å². The summed E-state index contributed by atoms with van der Waals surface area (Å²) < 4.78 is 23.1. The lowest BCUT2D eigenvalue weighted by atomic mass is 9.98. The van der Waals surface area contributed by atoms with Gasteiger partial charge in [0.15, 0.2) is 6.10 Å². The number of likely N-dealkylation sites (N-methyl/N-ethyl adjacent to an activating group) is 1. The minimum Gasteiger partial charge on any atom is -0.459 e. The molecule has 8 nitrogen and oxygen atoms in total. The van der Waals surface area contributed by atoms with E-state index in [4.69, 9.17) is 18.9 Å². The maximum absolute atomic E-state index is 12.9. The van der Waals surface area contributed by atoms with Crippen LogP contribution in [0.2, 0.25) is 0 Å². The average Bonchev–Trinajstić information content (AvgIpc) is 2.94. The molecule has 3 aromatic rings. The molecule has 0 bridgehead atoms. The number of esters is 3. The molecule has 192 valence electrons. The first-order valence-electron chi connectivity index (χ1n) is 12.0. The second-order valence-corrected chi connectivity index (χ2v) is 8.86. The summed E-state index contributed by atoms with van der Waals surface area (Å²) in [5.41, 5.74) is 1.12. The third-order valence-corrected chi connectivity index (χ3v) is 6.04. The molecule has 0 aliphatic carbocycles. The molecular formula is C29H29NO7. The number of carbonyl (C=O) groups excluding carboxylic acids is 3. The highest BCUT2D eigenvalue weighted by molar-refractivity contribution is 5.90. The maximum atomic E-state index is 12.9. The van der Waals surface area contributed by atoms with Crippen LogP contribution in [0.4, 0.5) is 0 Å². The van der Waals surface area contributed by atoms with Gasteiger partial charge in [-0.25, -0.2) is 14.4 Å². The van der Waals surface area contributed by atoms with Crippen LogP contribution in [-0.4, -0.2) is 68.0 Å². The standard InChI is InChI=1S/C29H29NO7/c1-30(2)24-18-23(19-34-26(31)20-12-6-3-7-13-20)35-29(37-28(33)22-16-10-5-11-17-22)25(24)36-27(32)21-14-8-4-9-15-21/h3-17,23-25,29H,18-19H2,1-2H3/t23-,24-,25+,29-/m0/s1. The van der Waals surface area contributed by atoms with Crippen LogP contribution in [0.15, 0.2) is 91.0 Å². The van der Waals surface area contributed by atoms with Crippen molar-refractivity contribution >= 4 is 17.9 Å². The largest absolute Gasteiger partial charge is 0.459 e. The molecule has 0 N–H and O–H groups in total. The quantitative estimate of drug-likeness (QED) is 0.337. The molecule has 0 radical (unpaired) electrons. The lowest BCUT2D eigenvalue weighted by Crippen LogP contribution is -2.57. The van der Waals surface area contributed by atoms with Gasteiger partial charge in [-0.1, -0.05) is 54.6 Å². The van der Waals surface area contributed by atoms with Crippen LogP contribution >= 0.6 is 0 Å². The number of benzene rings is 3. The molecule has 0 unspecified atom stereocenters. The molecule has 1 heterocycles. The van der Waals surface area contributed by atoms with Gasteiger partial charge in [-0.2, -0.15) is 0 Å². The van der Waals surface area contributed by atoms with E-state index in [2.05, 4.69) is 0 Å². The third-order valence-electron chi connectivity index (χ3n) is 6.04. The lowest BCUT2D eigenvalue weighted by Gasteiger charge is -2.42. The zero-order valence-electron chi connectivity index (χ0n) is 20.7. The Balaban J connectivity index is 1.53.